The fourth-order valence-corrected chi connectivity index (χ4v) is 8.53. The van der Waals surface area contributed by atoms with Gasteiger partial charge in [0.2, 0.25) is 0 Å². The van der Waals surface area contributed by atoms with E-state index in [0.717, 1.165) is 49.0 Å². The predicted molar refractivity (Wildman–Crippen MR) is 128 cm³/mol. The molecule has 6 nitrogen and oxygen atoms in total. The highest BCUT2D eigenvalue weighted by molar-refractivity contribution is 7.99. The number of carboxylic acids is 1. The molecule has 6 rings (SSSR count). The molecule has 33 heavy (non-hydrogen) atoms. The number of nitrogens with zero attached hydrogens (tertiary/aromatic N) is 3. The van der Waals surface area contributed by atoms with E-state index in [1.807, 2.05) is 0 Å². The summed E-state index contributed by atoms with van der Waals surface area (Å²) in [6.07, 6.45) is 7.37. The van der Waals surface area contributed by atoms with Gasteiger partial charge in [-0.05, 0) is 72.0 Å². The highest BCUT2D eigenvalue weighted by atomic mass is 32.2. The van der Waals surface area contributed by atoms with E-state index < -0.39 is 5.97 Å². The summed E-state index contributed by atoms with van der Waals surface area (Å²) in [5, 5.41) is 13.7. The van der Waals surface area contributed by atoms with Gasteiger partial charge in [-0.3, -0.25) is 9.69 Å². The third-order valence-electron chi connectivity index (χ3n) is 8.88. The zero-order valence-electron chi connectivity index (χ0n) is 19.3. The second kappa shape index (κ2) is 7.98. The van der Waals surface area contributed by atoms with Crippen molar-refractivity contribution in [3.8, 4) is 0 Å². The number of aromatic nitrogens is 2. The van der Waals surface area contributed by atoms with Gasteiger partial charge in [0.05, 0.1) is 5.69 Å². The third-order valence-corrected chi connectivity index (χ3v) is 9.95. The molecule has 3 fully saturated rings. The maximum Gasteiger partial charge on any atom is 0.303 e. The van der Waals surface area contributed by atoms with Crippen LogP contribution in [0.3, 0.4) is 0 Å². The van der Waals surface area contributed by atoms with Crippen LogP contribution in [0.15, 0.2) is 40.5 Å². The van der Waals surface area contributed by atoms with Crippen LogP contribution in [-0.2, 0) is 11.3 Å². The molecule has 1 spiro atoms. The van der Waals surface area contributed by atoms with E-state index in [4.69, 9.17) is 0 Å². The van der Waals surface area contributed by atoms with Crippen molar-refractivity contribution in [3.05, 3.63) is 36.2 Å². The monoisotopic (exact) mass is 464 g/mol. The minimum atomic E-state index is -0.633. The smallest absolute Gasteiger partial charge is 0.303 e. The fourth-order valence-electron chi connectivity index (χ4n) is 7.66. The molecular weight excluding hydrogens is 432 g/mol. The lowest BCUT2D eigenvalue weighted by atomic mass is 9.41. The number of carbonyl (C=O) groups is 1. The molecule has 1 saturated heterocycles. The Labute approximate surface area is 199 Å². The van der Waals surface area contributed by atoms with Gasteiger partial charge in [0.15, 0.2) is 5.82 Å². The second-order valence-electron chi connectivity index (χ2n) is 11.0. The number of carboxylic acid groups (broad SMARTS) is 1. The van der Waals surface area contributed by atoms with Gasteiger partial charge >= 0.3 is 5.97 Å². The molecule has 0 radical (unpaired) electrons. The summed E-state index contributed by atoms with van der Waals surface area (Å²) < 4.78 is 0. The lowest BCUT2D eigenvalue weighted by Crippen LogP contribution is -2.64. The van der Waals surface area contributed by atoms with Crippen molar-refractivity contribution < 1.29 is 9.90 Å². The van der Waals surface area contributed by atoms with Crippen LogP contribution in [0, 0.1) is 35.0 Å². The predicted octanol–water partition coefficient (Wildman–Crippen LogP) is 5.28. The topological polar surface area (TPSA) is 78.3 Å². The maximum atomic E-state index is 11.3. The van der Waals surface area contributed by atoms with Gasteiger partial charge in [0, 0.05) is 43.3 Å². The van der Waals surface area contributed by atoms with Gasteiger partial charge in [-0.1, -0.05) is 31.7 Å². The number of piperidine rings is 1. The van der Waals surface area contributed by atoms with Crippen molar-refractivity contribution in [2.75, 3.05) is 18.4 Å². The van der Waals surface area contributed by atoms with Crippen molar-refractivity contribution in [2.45, 2.75) is 56.0 Å². The van der Waals surface area contributed by atoms with Crippen LogP contribution in [0.5, 0.6) is 0 Å². The molecule has 2 aromatic rings. The molecule has 3 unspecified atom stereocenters. The van der Waals surface area contributed by atoms with E-state index in [-0.39, 0.29) is 0 Å². The normalized spacial score (nSPS) is 34.7. The Balaban J connectivity index is 1.19. The standard InChI is InChI=1S/C26H32N4O2S/c1-15-7-16(2)20-14-30(13-19(15)26(20)10-18(11-26)9-23(31)32)12-17-3-4-22-21(8-17)29-24-25(33-22)28-6-5-27-24/h3-6,8,15-16,18-20H,7,9-14H2,1-2H3,(H,27,29)(H,31,32)/t15-,16?,18?,19?,20?,26?/m1/s1. The number of nitrogens with one attached hydrogen (secondary N) is 1. The minimum absolute atomic E-state index is 0.349. The molecule has 3 heterocycles. The van der Waals surface area contributed by atoms with Gasteiger partial charge < -0.3 is 10.4 Å². The summed E-state index contributed by atoms with van der Waals surface area (Å²) in [6.45, 7) is 8.11. The first-order valence-corrected chi connectivity index (χ1v) is 13.1. The summed E-state index contributed by atoms with van der Waals surface area (Å²) in [4.78, 5) is 24.0. The number of hydrogen-bond donors (Lipinski definition) is 2. The van der Waals surface area contributed by atoms with Crippen molar-refractivity contribution in [3.63, 3.8) is 0 Å². The maximum absolute atomic E-state index is 11.3. The molecule has 4 aliphatic rings. The summed E-state index contributed by atoms with van der Waals surface area (Å²) in [7, 11) is 0. The first-order valence-electron chi connectivity index (χ1n) is 12.2. The quantitative estimate of drug-likeness (QED) is 0.544. The average Bonchev–Trinajstić information content (AvgIpc) is 2.75. The van der Waals surface area contributed by atoms with E-state index in [1.165, 1.54) is 16.9 Å². The van der Waals surface area contributed by atoms with Gasteiger partial charge in [-0.2, -0.15) is 0 Å². The SMILES string of the molecule is CC1C[C@@H](C)C2CN(Cc3ccc4c(c3)Nc3nccnc3S4)CC1C21CC(CC(=O)O)C1. The largest absolute Gasteiger partial charge is 0.481 e. The highest BCUT2D eigenvalue weighted by Gasteiger charge is 2.61. The Kier molecular flexibility index (Phi) is 5.18. The highest BCUT2D eigenvalue weighted by Crippen LogP contribution is 2.65. The number of likely N-dealkylation sites (tertiary alicyclic amines) is 1. The molecule has 1 aromatic heterocycles. The number of rotatable bonds is 4. The minimum Gasteiger partial charge on any atom is -0.481 e. The molecule has 2 N–H and O–H groups in total. The van der Waals surface area contributed by atoms with Crippen LogP contribution >= 0.6 is 11.8 Å². The molecule has 174 valence electrons. The van der Waals surface area contributed by atoms with Gasteiger partial charge in [0.25, 0.3) is 0 Å². The number of fused-ring (bicyclic) bond motifs is 2. The van der Waals surface area contributed by atoms with Crippen LogP contribution in [0.4, 0.5) is 11.5 Å². The molecule has 1 aromatic carbocycles. The molecule has 2 aliphatic heterocycles. The Morgan fingerprint density at radius 2 is 1.91 bits per heavy atom. The number of anilines is 2. The van der Waals surface area contributed by atoms with Crippen LogP contribution in [0.1, 0.15) is 45.1 Å². The average molecular weight is 465 g/mol. The van der Waals surface area contributed by atoms with E-state index >= 15 is 0 Å². The van der Waals surface area contributed by atoms with E-state index in [2.05, 4.69) is 52.2 Å². The zero-order chi connectivity index (χ0) is 22.7. The number of aliphatic carboxylic acids is 1. The summed E-state index contributed by atoms with van der Waals surface area (Å²) in [6, 6.07) is 6.74. The molecular formula is C26H32N4O2S. The van der Waals surface area contributed by atoms with Crippen LogP contribution in [0.25, 0.3) is 0 Å². The van der Waals surface area contributed by atoms with Crippen LogP contribution in [-0.4, -0.2) is 39.0 Å². The van der Waals surface area contributed by atoms with E-state index in [0.29, 0.717) is 41.4 Å². The third kappa shape index (κ3) is 3.64. The summed E-state index contributed by atoms with van der Waals surface area (Å²) in [5.74, 6) is 3.38. The second-order valence-corrected chi connectivity index (χ2v) is 12.0. The Morgan fingerprint density at radius 3 is 2.64 bits per heavy atom. The lowest BCUT2D eigenvalue weighted by molar-refractivity contribution is -0.183. The van der Waals surface area contributed by atoms with E-state index in [9.17, 15) is 9.90 Å². The van der Waals surface area contributed by atoms with Gasteiger partial charge in [-0.25, -0.2) is 9.97 Å². The first kappa shape index (κ1) is 21.4. The molecule has 2 aliphatic carbocycles. The van der Waals surface area contributed by atoms with Crippen molar-refractivity contribution >= 4 is 29.2 Å². The number of benzene rings is 1. The first-order chi connectivity index (χ1) is 15.9. The van der Waals surface area contributed by atoms with Crippen molar-refractivity contribution in [2.24, 2.45) is 35.0 Å². The molecule has 0 amide bonds. The fraction of sp³-hybridized carbons (Fsp3) is 0.577. The number of hydrogen-bond acceptors (Lipinski definition) is 6. The Morgan fingerprint density at radius 1 is 1.18 bits per heavy atom. The summed E-state index contributed by atoms with van der Waals surface area (Å²) in [5.41, 5.74) is 2.83. The summed E-state index contributed by atoms with van der Waals surface area (Å²) >= 11 is 1.67. The molecule has 2 bridgehead atoms. The lowest BCUT2D eigenvalue weighted by Gasteiger charge is -2.66. The van der Waals surface area contributed by atoms with Gasteiger partial charge in [-0.15, -0.1) is 0 Å². The van der Waals surface area contributed by atoms with Gasteiger partial charge in [0.1, 0.15) is 5.03 Å². The van der Waals surface area contributed by atoms with Crippen molar-refractivity contribution in [1.29, 1.82) is 0 Å². The van der Waals surface area contributed by atoms with E-state index in [1.54, 1.807) is 24.2 Å². The molecule has 4 atom stereocenters. The molecule has 2 saturated carbocycles. The Hall–Kier alpha value is -2.12. The molecule has 7 heteroatoms. The Bertz CT molecular complexity index is 1070. The van der Waals surface area contributed by atoms with Crippen LogP contribution < -0.4 is 5.32 Å². The van der Waals surface area contributed by atoms with Crippen molar-refractivity contribution in [1.82, 2.24) is 14.9 Å². The zero-order valence-corrected chi connectivity index (χ0v) is 20.1. The van der Waals surface area contributed by atoms with Crippen LogP contribution in [0.2, 0.25) is 0 Å².